The van der Waals surface area contributed by atoms with Crippen molar-refractivity contribution in [1.82, 2.24) is 19.9 Å². The number of H-pyrrole nitrogens is 1. The van der Waals surface area contributed by atoms with Gasteiger partial charge in [-0.2, -0.15) is 0 Å². The number of hydrogen-bond donors (Lipinski definition) is 3. The number of aryl methyl sites for hydroxylation is 2. The van der Waals surface area contributed by atoms with Crippen LogP contribution in [0.3, 0.4) is 0 Å². The molecule has 0 unspecified atom stereocenters. The molecule has 3 aromatic rings. The molecule has 2 aromatic heterocycles. The number of nitrogens with one attached hydrogen (secondary N) is 3. The van der Waals surface area contributed by atoms with Gasteiger partial charge < -0.3 is 15.6 Å². The largest absolute Gasteiger partial charge is 0.367 e. The summed E-state index contributed by atoms with van der Waals surface area (Å²) >= 11 is 0. The number of amides is 1. The number of fused-ring (bicyclic) bond motifs is 1. The van der Waals surface area contributed by atoms with Crippen LogP contribution in [0.4, 0.5) is 11.5 Å². The summed E-state index contributed by atoms with van der Waals surface area (Å²) in [5.74, 6) is 0.919. The van der Waals surface area contributed by atoms with Gasteiger partial charge in [0.05, 0.1) is 11.9 Å². The number of aromatic amines is 1. The number of rotatable bonds is 5. The summed E-state index contributed by atoms with van der Waals surface area (Å²) in [5, 5.41) is 7.60. The Bertz CT molecular complexity index is 974. The maximum absolute atomic E-state index is 12.4. The molecule has 7 nitrogen and oxygen atoms in total. The van der Waals surface area contributed by atoms with Gasteiger partial charge in [-0.25, -0.2) is 9.97 Å². The quantitative estimate of drug-likeness (QED) is 0.635. The van der Waals surface area contributed by atoms with Crippen molar-refractivity contribution in [1.29, 1.82) is 0 Å². The summed E-state index contributed by atoms with van der Waals surface area (Å²) in [6.07, 6.45) is 5.41. The van der Waals surface area contributed by atoms with E-state index in [1.54, 1.807) is 6.33 Å². The van der Waals surface area contributed by atoms with Crippen molar-refractivity contribution in [2.75, 3.05) is 30.3 Å². The van der Waals surface area contributed by atoms with Crippen molar-refractivity contribution >= 4 is 28.4 Å². The Labute approximate surface area is 164 Å². The summed E-state index contributed by atoms with van der Waals surface area (Å²) in [6.45, 7) is 6.25. The number of likely N-dealkylation sites (tertiary alicyclic amines) is 1. The van der Waals surface area contributed by atoms with Crippen LogP contribution >= 0.6 is 0 Å². The first kappa shape index (κ1) is 18.4. The van der Waals surface area contributed by atoms with Crippen LogP contribution in [-0.4, -0.2) is 51.4 Å². The van der Waals surface area contributed by atoms with Crippen molar-refractivity contribution in [3.63, 3.8) is 0 Å². The number of benzene rings is 1. The molecule has 4 rings (SSSR count). The molecule has 3 heterocycles. The first-order chi connectivity index (χ1) is 13.6. The van der Waals surface area contributed by atoms with Crippen LogP contribution in [0.2, 0.25) is 0 Å². The lowest BCUT2D eigenvalue weighted by molar-refractivity contribution is -0.117. The Hall–Kier alpha value is -2.93. The molecule has 1 aliphatic heterocycles. The lowest BCUT2D eigenvalue weighted by Gasteiger charge is -2.32. The van der Waals surface area contributed by atoms with Gasteiger partial charge in [0.1, 0.15) is 17.8 Å². The Balaban J connectivity index is 1.29. The van der Waals surface area contributed by atoms with Gasteiger partial charge in [0.2, 0.25) is 5.91 Å². The van der Waals surface area contributed by atoms with Crippen molar-refractivity contribution in [3.8, 4) is 0 Å². The molecular weight excluding hydrogens is 352 g/mol. The predicted molar refractivity (Wildman–Crippen MR) is 112 cm³/mol. The van der Waals surface area contributed by atoms with Gasteiger partial charge in [-0.3, -0.25) is 9.69 Å². The second-order valence-corrected chi connectivity index (χ2v) is 7.52. The van der Waals surface area contributed by atoms with Crippen LogP contribution < -0.4 is 10.6 Å². The van der Waals surface area contributed by atoms with E-state index in [0.29, 0.717) is 12.6 Å². The molecule has 1 aliphatic rings. The molecule has 1 aromatic carbocycles. The molecule has 7 heteroatoms. The number of hydrogen-bond acceptors (Lipinski definition) is 5. The second-order valence-electron chi connectivity index (χ2n) is 7.52. The molecule has 0 radical (unpaired) electrons. The second kappa shape index (κ2) is 7.98. The molecule has 28 heavy (non-hydrogen) atoms. The predicted octanol–water partition coefficient (Wildman–Crippen LogP) is 3.09. The molecule has 0 bridgehead atoms. The summed E-state index contributed by atoms with van der Waals surface area (Å²) in [5.41, 5.74) is 3.98. The Morgan fingerprint density at radius 1 is 1.21 bits per heavy atom. The van der Waals surface area contributed by atoms with Gasteiger partial charge in [0.25, 0.3) is 0 Å². The fourth-order valence-electron chi connectivity index (χ4n) is 3.68. The molecule has 0 spiro atoms. The highest BCUT2D eigenvalue weighted by atomic mass is 16.2. The first-order valence-corrected chi connectivity index (χ1v) is 9.72. The first-order valence-electron chi connectivity index (χ1n) is 9.72. The highest BCUT2D eigenvalue weighted by molar-refractivity contribution is 5.93. The van der Waals surface area contributed by atoms with Crippen LogP contribution in [0, 0.1) is 13.8 Å². The third-order valence-electron chi connectivity index (χ3n) is 5.32. The van der Waals surface area contributed by atoms with E-state index in [9.17, 15) is 4.79 Å². The third-order valence-corrected chi connectivity index (χ3v) is 5.32. The zero-order chi connectivity index (χ0) is 19.5. The van der Waals surface area contributed by atoms with E-state index >= 15 is 0 Å². The molecule has 1 saturated heterocycles. The highest BCUT2D eigenvalue weighted by Crippen LogP contribution is 2.22. The Morgan fingerprint density at radius 3 is 2.86 bits per heavy atom. The normalized spacial score (nSPS) is 15.6. The van der Waals surface area contributed by atoms with Crippen LogP contribution in [-0.2, 0) is 4.79 Å². The molecule has 0 aliphatic carbocycles. The minimum atomic E-state index is 0.0462. The molecule has 1 fully saturated rings. The van der Waals surface area contributed by atoms with Crippen LogP contribution in [0.5, 0.6) is 0 Å². The average molecular weight is 378 g/mol. The van der Waals surface area contributed by atoms with Crippen molar-refractivity contribution in [2.24, 2.45) is 0 Å². The van der Waals surface area contributed by atoms with E-state index in [-0.39, 0.29) is 5.91 Å². The summed E-state index contributed by atoms with van der Waals surface area (Å²) < 4.78 is 0. The van der Waals surface area contributed by atoms with Crippen molar-refractivity contribution in [2.45, 2.75) is 32.7 Å². The molecule has 146 valence electrons. The number of anilines is 2. The van der Waals surface area contributed by atoms with E-state index in [1.165, 1.54) is 0 Å². The van der Waals surface area contributed by atoms with E-state index < -0.39 is 0 Å². The van der Waals surface area contributed by atoms with Crippen LogP contribution in [0.15, 0.2) is 36.8 Å². The molecule has 3 N–H and O–H groups in total. The maximum Gasteiger partial charge on any atom is 0.238 e. The van der Waals surface area contributed by atoms with E-state index in [2.05, 4.69) is 36.6 Å². The summed E-state index contributed by atoms with van der Waals surface area (Å²) in [6, 6.07) is 8.46. The minimum Gasteiger partial charge on any atom is -0.367 e. The number of carbonyl (C=O) groups is 1. The Morgan fingerprint density at radius 2 is 2.04 bits per heavy atom. The van der Waals surface area contributed by atoms with Crippen molar-refractivity contribution in [3.05, 3.63) is 47.9 Å². The van der Waals surface area contributed by atoms with Crippen molar-refractivity contribution < 1.29 is 4.79 Å². The van der Waals surface area contributed by atoms with Gasteiger partial charge >= 0.3 is 0 Å². The summed E-state index contributed by atoms with van der Waals surface area (Å²) in [4.78, 5) is 26.4. The van der Waals surface area contributed by atoms with Gasteiger partial charge in [-0.1, -0.05) is 12.1 Å². The SMILES string of the molecule is Cc1ccc(C)c(NC(=O)CN2CCC(Nc3ncnc4[nH]ccc34)CC2)c1. The van der Waals surface area contributed by atoms with Crippen LogP contribution in [0.25, 0.3) is 11.0 Å². The van der Waals surface area contributed by atoms with E-state index in [1.807, 2.05) is 38.2 Å². The summed E-state index contributed by atoms with van der Waals surface area (Å²) in [7, 11) is 0. The number of aromatic nitrogens is 3. The minimum absolute atomic E-state index is 0.0462. The van der Waals surface area contributed by atoms with Gasteiger partial charge in [0.15, 0.2) is 0 Å². The Kier molecular flexibility index (Phi) is 5.25. The number of piperidine rings is 1. The molecule has 0 saturated carbocycles. The zero-order valence-electron chi connectivity index (χ0n) is 16.3. The fourth-order valence-corrected chi connectivity index (χ4v) is 3.68. The lowest BCUT2D eigenvalue weighted by atomic mass is 10.0. The molecular formula is C21H26N6O. The number of nitrogens with zero attached hydrogens (tertiary/aromatic N) is 3. The fraction of sp³-hybridized carbons (Fsp3) is 0.381. The monoisotopic (exact) mass is 378 g/mol. The maximum atomic E-state index is 12.4. The zero-order valence-corrected chi connectivity index (χ0v) is 16.3. The smallest absolute Gasteiger partial charge is 0.238 e. The van der Waals surface area contributed by atoms with E-state index in [0.717, 1.165) is 59.6 Å². The highest BCUT2D eigenvalue weighted by Gasteiger charge is 2.22. The number of carbonyl (C=O) groups excluding carboxylic acids is 1. The third kappa shape index (κ3) is 4.14. The molecule has 0 atom stereocenters. The molecule has 1 amide bonds. The van der Waals surface area contributed by atoms with E-state index in [4.69, 9.17) is 0 Å². The van der Waals surface area contributed by atoms with Crippen LogP contribution in [0.1, 0.15) is 24.0 Å². The topological polar surface area (TPSA) is 85.9 Å². The lowest BCUT2D eigenvalue weighted by Crippen LogP contribution is -2.42. The average Bonchev–Trinajstić information content (AvgIpc) is 3.16. The van der Waals surface area contributed by atoms with Gasteiger partial charge in [0, 0.05) is 31.0 Å². The standard InChI is InChI=1S/C21H26N6O/c1-14-3-4-15(2)18(11-14)26-19(28)12-27-9-6-16(7-10-27)25-21-17-5-8-22-20(17)23-13-24-21/h3-5,8,11,13,16H,6-7,9-10,12H2,1-2H3,(H,26,28)(H2,22,23,24,25). The van der Waals surface area contributed by atoms with Gasteiger partial charge in [-0.15, -0.1) is 0 Å². The van der Waals surface area contributed by atoms with Gasteiger partial charge in [-0.05, 0) is 49.9 Å².